The van der Waals surface area contributed by atoms with Crippen LogP contribution in [0.3, 0.4) is 0 Å². The lowest BCUT2D eigenvalue weighted by Gasteiger charge is -2.27. The first-order chi connectivity index (χ1) is 7.61. The second-order valence-electron chi connectivity index (χ2n) is 4.77. The smallest absolute Gasteiger partial charge is 0.0947 e. The minimum atomic E-state index is 0.635. The van der Waals surface area contributed by atoms with Crippen molar-refractivity contribution in [2.24, 2.45) is 5.92 Å². The Hall–Kier alpha value is -0.800. The van der Waals surface area contributed by atoms with Crippen LogP contribution in [-0.2, 0) is 6.54 Å². The topological polar surface area (TPSA) is 28.4 Å². The van der Waals surface area contributed by atoms with Gasteiger partial charge in [-0.1, -0.05) is 13.8 Å². The predicted molar refractivity (Wildman–Crippen MR) is 67.3 cm³/mol. The van der Waals surface area contributed by atoms with Gasteiger partial charge in [-0.2, -0.15) is 0 Å². The first-order valence-electron chi connectivity index (χ1n) is 6.03. The van der Waals surface area contributed by atoms with Crippen molar-refractivity contribution in [3.05, 3.63) is 24.2 Å². The van der Waals surface area contributed by atoms with Crippen LogP contribution in [0.15, 0.2) is 23.0 Å². The van der Waals surface area contributed by atoms with E-state index in [-0.39, 0.29) is 0 Å². The van der Waals surface area contributed by atoms with E-state index in [1.165, 1.54) is 5.56 Å². The number of hydrogen-bond acceptors (Lipinski definition) is 3. The molecular weight excluding hydrogens is 200 g/mol. The molecule has 0 saturated heterocycles. The predicted octanol–water partition coefficient (Wildman–Crippen LogP) is 2.35. The summed E-state index contributed by atoms with van der Waals surface area (Å²) in [4.78, 5) is 2.40. The minimum Gasteiger partial charge on any atom is -0.472 e. The van der Waals surface area contributed by atoms with Crippen molar-refractivity contribution in [3.63, 3.8) is 0 Å². The number of nitrogens with zero attached hydrogens (tertiary/aromatic N) is 1. The van der Waals surface area contributed by atoms with Crippen molar-refractivity contribution in [3.8, 4) is 0 Å². The molecule has 1 aromatic heterocycles. The third-order valence-electron chi connectivity index (χ3n) is 3.21. The molecule has 0 aromatic carbocycles. The molecule has 0 aliphatic carbocycles. The normalized spacial score (nSPS) is 13.6. The van der Waals surface area contributed by atoms with E-state index >= 15 is 0 Å². The molecule has 1 atom stereocenters. The summed E-state index contributed by atoms with van der Waals surface area (Å²) in [7, 11) is 2.18. The zero-order valence-corrected chi connectivity index (χ0v) is 10.9. The summed E-state index contributed by atoms with van der Waals surface area (Å²) in [5.74, 6) is 0.707. The Morgan fingerprint density at radius 1 is 1.38 bits per heavy atom. The summed E-state index contributed by atoms with van der Waals surface area (Å²) >= 11 is 0. The number of furan rings is 1. The summed E-state index contributed by atoms with van der Waals surface area (Å²) < 4.78 is 5.01. The lowest BCUT2D eigenvalue weighted by molar-refractivity contribution is 0.208. The first kappa shape index (κ1) is 13.3. The van der Waals surface area contributed by atoms with E-state index in [9.17, 15) is 0 Å². The molecule has 16 heavy (non-hydrogen) atoms. The second-order valence-corrected chi connectivity index (χ2v) is 4.77. The van der Waals surface area contributed by atoms with Gasteiger partial charge in [-0.3, -0.25) is 0 Å². The molecule has 1 aromatic rings. The van der Waals surface area contributed by atoms with E-state index in [2.05, 4.69) is 38.0 Å². The SMILES string of the molecule is CC(C)C(C)N(C)CCNCc1ccoc1. The van der Waals surface area contributed by atoms with Crippen LogP contribution in [-0.4, -0.2) is 31.1 Å². The van der Waals surface area contributed by atoms with Crippen LogP contribution >= 0.6 is 0 Å². The minimum absolute atomic E-state index is 0.635. The van der Waals surface area contributed by atoms with Crippen molar-refractivity contribution in [2.75, 3.05) is 20.1 Å². The fourth-order valence-electron chi connectivity index (χ4n) is 1.59. The van der Waals surface area contributed by atoms with Gasteiger partial charge in [0, 0.05) is 31.2 Å². The zero-order chi connectivity index (χ0) is 12.0. The zero-order valence-electron chi connectivity index (χ0n) is 10.9. The molecule has 1 heterocycles. The van der Waals surface area contributed by atoms with Crippen LogP contribution < -0.4 is 5.32 Å². The molecule has 0 fully saturated rings. The van der Waals surface area contributed by atoms with Crippen LogP contribution in [0.25, 0.3) is 0 Å². The van der Waals surface area contributed by atoms with Gasteiger partial charge in [0.25, 0.3) is 0 Å². The molecule has 0 aliphatic heterocycles. The van der Waals surface area contributed by atoms with E-state index in [4.69, 9.17) is 4.42 Å². The van der Waals surface area contributed by atoms with Gasteiger partial charge in [0.15, 0.2) is 0 Å². The van der Waals surface area contributed by atoms with Gasteiger partial charge in [-0.15, -0.1) is 0 Å². The maximum Gasteiger partial charge on any atom is 0.0947 e. The highest BCUT2D eigenvalue weighted by Crippen LogP contribution is 2.06. The maximum atomic E-state index is 5.01. The fourth-order valence-corrected chi connectivity index (χ4v) is 1.59. The second kappa shape index (κ2) is 6.71. The van der Waals surface area contributed by atoms with E-state index in [1.807, 2.05) is 6.07 Å². The molecule has 1 unspecified atom stereocenters. The van der Waals surface area contributed by atoms with Gasteiger partial charge >= 0.3 is 0 Å². The Balaban J connectivity index is 2.11. The Bertz CT molecular complexity index is 269. The maximum absolute atomic E-state index is 5.01. The van der Waals surface area contributed by atoms with Gasteiger partial charge in [0.2, 0.25) is 0 Å². The Morgan fingerprint density at radius 2 is 2.12 bits per heavy atom. The summed E-state index contributed by atoms with van der Waals surface area (Å²) in [5.41, 5.74) is 1.21. The largest absolute Gasteiger partial charge is 0.472 e. The van der Waals surface area contributed by atoms with Gasteiger partial charge in [0.05, 0.1) is 12.5 Å². The number of nitrogens with one attached hydrogen (secondary N) is 1. The average molecular weight is 224 g/mol. The molecule has 0 spiro atoms. The van der Waals surface area contributed by atoms with Crippen LogP contribution in [0.2, 0.25) is 0 Å². The summed E-state index contributed by atoms with van der Waals surface area (Å²) in [6.07, 6.45) is 3.50. The van der Waals surface area contributed by atoms with Crippen LogP contribution in [0.1, 0.15) is 26.3 Å². The molecule has 0 bridgehead atoms. The highest BCUT2D eigenvalue weighted by atomic mass is 16.3. The Morgan fingerprint density at radius 3 is 2.69 bits per heavy atom. The lowest BCUT2D eigenvalue weighted by atomic mass is 10.1. The lowest BCUT2D eigenvalue weighted by Crippen LogP contribution is -2.37. The molecule has 0 amide bonds. The quantitative estimate of drug-likeness (QED) is 0.721. The van der Waals surface area contributed by atoms with Gasteiger partial charge in [-0.05, 0) is 26.0 Å². The molecular formula is C13H24N2O. The number of likely N-dealkylation sites (N-methyl/N-ethyl adjacent to an activating group) is 1. The van der Waals surface area contributed by atoms with Crippen LogP contribution in [0.4, 0.5) is 0 Å². The molecule has 0 radical (unpaired) electrons. The van der Waals surface area contributed by atoms with E-state index < -0.39 is 0 Å². The monoisotopic (exact) mass is 224 g/mol. The summed E-state index contributed by atoms with van der Waals surface area (Å²) in [6, 6.07) is 2.63. The molecule has 92 valence electrons. The van der Waals surface area contributed by atoms with Gasteiger partial charge < -0.3 is 14.6 Å². The summed E-state index contributed by atoms with van der Waals surface area (Å²) in [5, 5.41) is 3.41. The molecule has 1 rings (SSSR count). The Kier molecular flexibility index (Phi) is 5.56. The molecule has 0 aliphatic rings. The number of hydrogen-bond donors (Lipinski definition) is 1. The standard InChI is InChI=1S/C13H24N2O/c1-11(2)12(3)15(4)7-6-14-9-13-5-8-16-10-13/h5,8,10-12,14H,6-7,9H2,1-4H3. The summed E-state index contributed by atoms with van der Waals surface area (Å²) in [6.45, 7) is 9.79. The fraction of sp³-hybridized carbons (Fsp3) is 0.692. The van der Waals surface area contributed by atoms with Crippen molar-refractivity contribution < 1.29 is 4.42 Å². The molecule has 0 saturated carbocycles. The third-order valence-corrected chi connectivity index (χ3v) is 3.21. The molecule has 3 heteroatoms. The van der Waals surface area contributed by atoms with Crippen LogP contribution in [0.5, 0.6) is 0 Å². The van der Waals surface area contributed by atoms with E-state index in [0.717, 1.165) is 19.6 Å². The molecule has 3 nitrogen and oxygen atoms in total. The van der Waals surface area contributed by atoms with Crippen molar-refractivity contribution in [1.29, 1.82) is 0 Å². The Labute approximate surface area is 98.8 Å². The van der Waals surface area contributed by atoms with E-state index in [0.29, 0.717) is 12.0 Å². The molecule has 1 N–H and O–H groups in total. The first-order valence-corrected chi connectivity index (χ1v) is 6.03. The third kappa shape index (κ3) is 4.37. The highest BCUT2D eigenvalue weighted by Gasteiger charge is 2.11. The van der Waals surface area contributed by atoms with Gasteiger partial charge in [-0.25, -0.2) is 0 Å². The van der Waals surface area contributed by atoms with Gasteiger partial charge in [0.1, 0.15) is 0 Å². The van der Waals surface area contributed by atoms with Crippen molar-refractivity contribution in [2.45, 2.75) is 33.4 Å². The van der Waals surface area contributed by atoms with E-state index in [1.54, 1.807) is 12.5 Å². The highest BCUT2D eigenvalue weighted by molar-refractivity contribution is 5.04. The van der Waals surface area contributed by atoms with Crippen molar-refractivity contribution in [1.82, 2.24) is 10.2 Å². The van der Waals surface area contributed by atoms with Crippen LogP contribution in [0, 0.1) is 5.92 Å². The average Bonchev–Trinajstić information content (AvgIpc) is 2.75. The van der Waals surface area contributed by atoms with Crippen molar-refractivity contribution >= 4 is 0 Å². The number of rotatable bonds is 7.